The molecule has 0 aliphatic rings. The number of methoxy groups -OCH3 is 1. The van der Waals surface area contributed by atoms with Crippen molar-refractivity contribution in [2.24, 2.45) is 5.10 Å². The molecule has 1 amide bonds. The molecule has 0 spiro atoms. The van der Waals surface area contributed by atoms with Crippen LogP contribution >= 0.6 is 34.7 Å². The zero-order chi connectivity index (χ0) is 19.4. The second-order valence-corrected chi connectivity index (χ2v) is 6.98. The van der Waals surface area contributed by atoms with Gasteiger partial charge in [-0.1, -0.05) is 23.2 Å². The predicted molar refractivity (Wildman–Crippen MR) is 107 cm³/mol. The van der Waals surface area contributed by atoms with Crippen LogP contribution in [0.2, 0.25) is 10.0 Å². The maximum Gasteiger partial charge on any atom is 0.283 e. The van der Waals surface area contributed by atoms with E-state index in [9.17, 15) is 9.90 Å². The number of halogens is 2. The van der Waals surface area contributed by atoms with Gasteiger partial charge in [0.15, 0.2) is 11.5 Å². The van der Waals surface area contributed by atoms with Crippen LogP contribution in [0, 0.1) is 0 Å². The second kappa shape index (κ2) is 8.39. The van der Waals surface area contributed by atoms with Crippen LogP contribution in [-0.2, 0) is 0 Å². The van der Waals surface area contributed by atoms with E-state index in [0.717, 1.165) is 11.5 Å². The van der Waals surface area contributed by atoms with Gasteiger partial charge in [0.05, 0.1) is 24.0 Å². The average molecular weight is 422 g/mol. The van der Waals surface area contributed by atoms with Crippen LogP contribution in [0.5, 0.6) is 11.5 Å². The lowest BCUT2D eigenvalue weighted by Crippen LogP contribution is -2.16. The zero-order valence-corrected chi connectivity index (χ0v) is 16.3. The Morgan fingerprint density at radius 3 is 2.78 bits per heavy atom. The lowest BCUT2D eigenvalue weighted by molar-refractivity contribution is 0.0959. The van der Waals surface area contributed by atoms with E-state index in [0.29, 0.717) is 37.5 Å². The maximum absolute atomic E-state index is 12.2. The second-order valence-electron chi connectivity index (χ2n) is 5.33. The number of ether oxygens (including phenoxy) is 1. The van der Waals surface area contributed by atoms with Gasteiger partial charge in [0.2, 0.25) is 0 Å². The van der Waals surface area contributed by atoms with Gasteiger partial charge in [0.1, 0.15) is 4.88 Å². The summed E-state index contributed by atoms with van der Waals surface area (Å²) < 4.78 is 9.22. The third kappa shape index (κ3) is 4.57. The third-order valence-electron chi connectivity index (χ3n) is 3.52. The monoisotopic (exact) mass is 421 g/mol. The minimum absolute atomic E-state index is 0.0141. The lowest BCUT2D eigenvalue weighted by Gasteiger charge is -2.03. The highest BCUT2D eigenvalue weighted by atomic mass is 35.5. The molecule has 0 fully saturated rings. The number of carbonyl (C=O) groups is 1. The van der Waals surface area contributed by atoms with Crippen LogP contribution in [0.25, 0.3) is 11.3 Å². The Morgan fingerprint density at radius 2 is 2.07 bits per heavy atom. The van der Waals surface area contributed by atoms with Crippen molar-refractivity contribution in [1.82, 2.24) is 9.80 Å². The number of benzene rings is 2. The van der Waals surface area contributed by atoms with E-state index in [2.05, 4.69) is 14.9 Å². The molecule has 9 heteroatoms. The Balaban J connectivity index is 1.68. The summed E-state index contributed by atoms with van der Waals surface area (Å²) in [4.78, 5) is 12.6. The van der Waals surface area contributed by atoms with Gasteiger partial charge in [0.25, 0.3) is 5.91 Å². The summed E-state index contributed by atoms with van der Waals surface area (Å²) in [5, 5.41) is 14.6. The molecule has 0 aliphatic heterocycles. The number of nitrogens with one attached hydrogen (secondary N) is 1. The molecular weight excluding hydrogens is 409 g/mol. The number of hydrogen-bond donors (Lipinski definition) is 2. The Hall–Kier alpha value is -2.61. The number of carbonyl (C=O) groups excluding carboxylic acids is 1. The molecule has 0 radical (unpaired) electrons. The Labute approximate surface area is 169 Å². The van der Waals surface area contributed by atoms with Gasteiger partial charge >= 0.3 is 0 Å². The summed E-state index contributed by atoms with van der Waals surface area (Å²) in [7, 11) is 1.46. The van der Waals surface area contributed by atoms with Gasteiger partial charge in [-0.25, -0.2) is 5.43 Å². The van der Waals surface area contributed by atoms with Crippen molar-refractivity contribution in [2.45, 2.75) is 0 Å². The van der Waals surface area contributed by atoms with Crippen molar-refractivity contribution < 1.29 is 14.6 Å². The normalized spacial score (nSPS) is 10.9. The highest BCUT2D eigenvalue weighted by Gasteiger charge is 2.13. The molecule has 3 aromatic rings. The molecular formula is C18H13Cl2N3O3S. The molecule has 27 heavy (non-hydrogen) atoms. The van der Waals surface area contributed by atoms with Crippen LogP contribution in [0.1, 0.15) is 15.2 Å². The molecule has 0 aliphatic carbocycles. The van der Waals surface area contributed by atoms with E-state index in [1.165, 1.54) is 19.4 Å². The minimum Gasteiger partial charge on any atom is -0.504 e. The van der Waals surface area contributed by atoms with Crippen molar-refractivity contribution in [3.05, 3.63) is 63.0 Å². The number of aromatic hydroxyl groups is 1. The zero-order valence-electron chi connectivity index (χ0n) is 13.9. The Morgan fingerprint density at radius 1 is 1.26 bits per heavy atom. The first kappa shape index (κ1) is 19.2. The molecule has 2 N–H and O–H groups in total. The fourth-order valence-electron chi connectivity index (χ4n) is 2.21. The summed E-state index contributed by atoms with van der Waals surface area (Å²) in [5.41, 5.74) is 4.29. The van der Waals surface area contributed by atoms with Crippen LogP contribution in [0.15, 0.2) is 47.6 Å². The van der Waals surface area contributed by atoms with Crippen molar-refractivity contribution in [3.8, 4) is 22.8 Å². The van der Waals surface area contributed by atoms with E-state index in [1.54, 1.807) is 36.4 Å². The molecule has 1 aromatic heterocycles. The largest absolute Gasteiger partial charge is 0.504 e. The standard InChI is InChI=1S/C18H13Cl2N3O3S/c1-26-16-5-2-10(6-15(16)24)9-21-22-18(25)17-8-14(23-27-17)12-4-3-11(19)7-13(12)20/h2-9,24H,1H3,(H,22,25)/b21-9+. The first-order valence-corrected chi connectivity index (χ1v) is 9.13. The fourth-order valence-corrected chi connectivity index (χ4v) is 3.36. The SMILES string of the molecule is COc1ccc(/C=N/NC(=O)c2cc(-c3ccc(Cl)cc3Cl)ns2)cc1O. The topological polar surface area (TPSA) is 83.8 Å². The predicted octanol–water partition coefficient (Wildman–Crippen LogP) is 4.60. The minimum atomic E-state index is -0.405. The number of phenols is 1. The number of amides is 1. The number of phenolic OH excluding ortho intramolecular Hbond substituents is 1. The number of nitrogens with zero attached hydrogens (tertiary/aromatic N) is 2. The van der Waals surface area contributed by atoms with Crippen molar-refractivity contribution in [1.29, 1.82) is 0 Å². The smallest absolute Gasteiger partial charge is 0.283 e. The van der Waals surface area contributed by atoms with Crippen LogP contribution in [0.4, 0.5) is 0 Å². The van der Waals surface area contributed by atoms with Crippen LogP contribution < -0.4 is 10.2 Å². The van der Waals surface area contributed by atoms with Gasteiger partial charge in [-0.2, -0.15) is 9.47 Å². The first-order valence-electron chi connectivity index (χ1n) is 7.60. The number of rotatable bonds is 5. The average Bonchev–Trinajstić information content (AvgIpc) is 3.11. The molecule has 0 atom stereocenters. The molecule has 0 saturated carbocycles. The summed E-state index contributed by atoms with van der Waals surface area (Å²) in [6, 6.07) is 11.5. The van der Waals surface area contributed by atoms with Crippen LogP contribution in [-0.4, -0.2) is 28.7 Å². The van der Waals surface area contributed by atoms with Gasteiger partial charge in [0, 0.05) is 10.6 Å². The fraction of sp³-hybridized carbons (Fsp3) is 0.0556. The highest BCUT2D eigenvalue weighted by Crippen LogP contribution is 2.31. The van der Waals surface area contributed by atoms with E-state index < -0.39 is 5.91 Å². The highest BCUT2D eigenvalue weighted by molar-refractivity contribution is 7.08. The molecule has 2 aromatic carbocycles. The van der Waals surface area contributed by atoms with E-state index in [1.807, 2.05) is 0 Å². The van der Waals surface area contributed by atoms with Gasteiger partial charge < -0.3 is 9.84 Å². The van der Waals surface area contributed by atoms with Gasteiger partial charge in [-0.15, -0.1) is 0 Å². The van der Waals surface area contributed by atoms with Crippen molar-refractivity contribution >= 4 is 46.9 Å². The Bertz CT molecular complexity index is 1020. The third-order valence-corrected chi connectivity index (χ3v) is 4.86. The van der Waals surface area contributed by atoms with E-state index in [-0.39, 0.29) is 5.75 Å². The molecule has 0 bridgehead atoms. The van der Waals surface area contributed by atoms with Crippen LogP contribution in [0.3, 0.4) is 0 Å². The Kier molecular flexibility index (Phi) is 5.95. The summed E-state index contributed by atoms with van der Waals surface area (Å²) in [6.07, 6.45) is 1.41. The molecule has 6 nitrogen and oxygen atoms in total. The maximum atomic E-state index is 12.2. The summed E-state index contributed by atoms with van der Waals surface area (Å²) in [5.74, 6) is -0.0632. The van der Waals surface area contributed by atoms with Crippen molar-refractivity contribution in [3.63, 3.8) is 0 Å². The number of hydrogen-bond acceptors (Lipinski definition) is 6. The summed E-state index contributed by atoms with van der Waals surface area (Å²) >= 11 is 13.1. The molecule has 0 unspecified atom stereocenters. The van der Waals surface area contributed by atoms with Gasteiger partial charge in [-0.3, -0.25) is 4.79 Å². The van der Waals surface area contributed by atoms with Crippen molar-refractivity contribution in [2.75, 3.05) is 7.11 Å². The number of hydrazone groups is 1. The summed E-state index contributed by atoms with van der Waals surface area (Å²) in [6.45, 7) is 0. The molecule has 1 heterocycles. The molecule has 0 saturated heterocycles. The van der Waals surface area contributed by atoms with Gasteiger partial charge in [-0.05, 0) is 59.6 Å². The van der Waals surface area contributed by atoms with E-state index >= 15 is 0 Å². The molecule has 138 valence electrons. The quantitative estimate of drug-likeness (QED) is 0.465. The first-order chi connectivity index (χ1) is 13.0. The number of aromatic nitrogens is 1. The van der Waals surface area contributed by atoms with E-state index in [4.69, 9.17) is 27.9 Å². The lowest BCUT2D eigenvalue weighted by atomic mass is 10.1. The molecule has 3 rings (SSSR count).